The van der Waals surface area contributed by atoms with Crippen LogP contribution in [0.25, 0.3) is 0 Å². The molecule has 1 saturated carbocycles. The first-order chi connectivity index (χ1) is 10.4. The molecule has 5 nitrogen and oxygen atoms in total. The number of amides is 1. The fourth-order valence-electron chi connectivity index (χ4n) is 2.46. The highest BCUT2D eigenvalue weighted by atomic mass is 16.5. The number of nitrogens with zero attached hydrogens (tertiary/aromatic N) is 1. The van der Waals surface area contributed by atoms with Gasteiger partial charge < -0.3 is 14.7 Å². The molecule has 0 radical (unpaired) electrons. The van der Waals surface area contributed by atoms with E-state index in [1.165, 1.54) is 0 Å². The van der Waals surface area contributed by atoms with Crippen molar-refractivity contribution in [1.29, 1.82) is 0 Å². The van der Waals surface area contributed by atoms with Crippen LogP contribution >= 0.6 is 0 Å². The summed E-state index contributed by atoms with van der Waals surface area (Å²) in [5, 5.41) is 9.03. The second-order valence-corrected chi connectivity index (χ2v) is 6.03. The fraction of sp³-hybridized carbons (Fsp3) is 0.529. The first-order valence-corrected chi connectivity index (χ1v) is 7.61. The molecule has 1 aromatic carbocycles. The van der Waals surface area contributed by atoms with Crippen LogP contribution in [-0.2, 0) is 9.59 Å². The van der Waals surface area contributed by atoms with Crippen LogP contribution in [0.5, 0.6) is 5.75 Å². The second-order valence-electron chi connectivity index (χ2n) is 6.03. The second kappa shape index (κ2) is 6.81. The number of carbonyl (C=O) groups is 2. The number of carbonyl (C=O) groups excluding carboxylic acids is 1. The highest BCUT2D eigenvalue weighted by molar-refractivity contribution is 5.79. The molecule has 120 valence electrons. The number of hydrogen-bond acceptors (Lipinski definition) is 3. The zero-order valence-corrected chi connectivity index (χ0v) is 13.3. The van der Waals surface area contributed by atoms with Crippen molar-refractivity contribution in [2.75, 3.05) is 13.2 Å². The van der Waals surface area contributed by atoms with Crippen LogP contribution in [0.4, 0.5) is 0 Å². The maximum Gasteiger partial charge on any atom is 0.308 e. The number of aryl methyl sites for hydroxylation is 2. The summed E-state index contributed by atoms with van der Waals surface area (Å²) in [6.07, 6.45) is 1.89. The van der Waals surface area contributed by atoms with Gasteiger partial charge in [0.2, 0.25) is 0 Å². The first kappa shape index (κ1) is 16.3. The van der Waals surface area contributed by atoms with E-state index in [1.807, 2.05) is 32.0 Å². The molecule has 0 bridgehead atoms. The SMILES string of the molecule is Cc1cccc(C)c1OCC(=O)N(CC(C)C(=O)O)C1CC1. The number of carboxylic acid groups (broad SMARTS) is 1. The van der Waals surface area contributed by atoms with Gasteiger partial charge in [0.05, 0.1) is 5.92 Å². The van der Waals surface area contributed by atoms with Gasteiger partial charge in [0, 0.05) is 12.6 Å². The summed E-state index contributed by atoms with van der Waals surface area (Å²) in [5.41, 5.74) is 1.98. The normalized spacial score (nSPS) is 15.2. The molecule has 1 fully saturated rings. The summed E-state index contributed by atoms with van der Waals surface area (Å²) in [7, 11) is 0. The zero-order chi connectivity index (χ0) is 16.3. The van der Waals surface area contributed by atoms with Crippen LogP contribution in [0.3, 0.4) is 0 Å². The zero-order valence-electron chi connectivity index (χ0n) is 13.3. The summed E-state index contributed by atoms with van der Waals surface area (Å²) in [6, 6.07) is 6.01. The number of aliphatic carboxylic acids is 1. The average Bonchev–Trinajstić information content (AvgIpc) is 3.28. The molecule has 0 aromatic heterocycles. The van der Waals surface area contributed by atoms with Crippen LogP contribution in [0.15, 0.2) is 18.2 Å². The highest BCUT2D eigenvalue weighted by Crippen LogP contribution is 2.28. The molecule has 1 aliphatic rings. The van der Waals surface area contributed by atoms with E-state index in [-0.39, 0.29) is 25.1 Å². The summed E-state index contributed by atoms with van der Waals surface area (Å²) in [4.78, 5) is 25.0. The maximum atomic E-state index is 12.4. The Morgan fingerprint density at radius 3 is 2.41 bits per heavy atom. The quantitative estimate of drug-likeness (QED) is 0.840. The molecule has 1 unspecified atom stereocenters. The van der Waals surface area contributed by atoms with Gasteiger partial charge in [-0.3, -0.25) is 9.59 Å². The van der Waals surface area contributed by atoms with Crippen molar-refractivity contribution in [2.45, 2.75) is 39.7 Å². The molecule has 2 rings (SSSR count). The van der Waals surface area contributed by atoms with Crippen LogP contribution in [-0.4, -0.2) is 41.1 Å². The Balaban J connectivity index is 1.98. The van der Waals surface area contributed by atoms with E-state index in [2.05, 4.69) is 0 Å². The van der Waals surface area contributed by atoms with Gasteiger partial charge in [0.1, 0.15) is 5.75 Å². The van der Waals surface area contributed by atoms with Crippen LogP contribution in [0, 0.1) is 19.8 Å². The predicted octanol–water partition coefficient (Wildman–Crippen LogP) is 2.39. The Morgan fingerprint density at radius 2 is 1.91 bits per heavy atom. The van der Waals surface area contributed by atoms with Gasteiger partial charge in [0.15, 0.2) is 6.61 Å². The van der Waals surface area contributed by atoms with Gasteiger partial charge in [-0.05, 0) is 37.8 Å². The van der Waals surface area contributed by atoms with Crippen LogP contribution < -0.4 is 4.74 Å². The van der Waals surface area contributed by atoms with E-state index in [0.29, 0.717) is 0 Å². The van der Waals surface area contributed by atoms with Crippen molar-refractivity contribution < 1.29 is 19.4 Å². The van der Waals surface area contributed by atoms with Gasteiger partial charge in [-0.1, -0.05) is 25.1 Å². The number of benzene rings is 1. The molecule has 0 saturated heterocycles. The van der Waals surface area contributed by atoms with Crippen molar-refractivity contribution in [3.63, 3.8) is 0 Å². The molecule has 1 aliphatic carbocycles. The average molecular weight is 305 g/mol. The summed E-state index contributed by atoms with van der Waals surface area (Å²) in [6.45, 7) is 5.71. The molecule has 5 heteroatoms. The van der Waals surface area contributed by atoms with Crippen LogP contribution in [0.1, 0.15) is 30.9 Å². The van der Waals surface area contributed by atoms with Gasteiger partial charge in [-0.2, -0.15) is 0 Å². The molecule has 0 spiro atoms. The van der Waals surface area contributed by atoms with Crippen LogP contribution in [0.2, 0.25) is 0 Å². The Hall–Kier alpha value is -2.04. The molecule has 1 atom stereocenters. The lowest BCUT2D eigenvalue weighted by molar-refractivity contribution is -0.143. The van der Waals surface area contributed by atoms with Gasteiger partial charge in [-0.15, -0.1) is 0 Å². The molecule has 22 heavy (non-hydrogen) atoms. The lowest BCUT2D eigenvalue weighted by atomic mass is 10.1. The minimum atomic E-state index is -0.880. The lowest BCUT2D eigenvalue weighted by Gasteiger charge is -2.24. The molecular weight excluding hydrogens is 282 g/mol. The fourth-order valence-corrected chi connectivity index (χ4v) is 2.46. The third-order valence-corrected chi connectivity index (χ3v) is 3.95. The number of carboxylic acids is 1. The standard InChI is InChI=1S/C17H23NO4/c1-11-5-4-6-12(2)16(11)22-10-15(19)18(14-7-8-14)9-13(3)17(20)21/h4-6,13-14H,7-10H2,1-3H3,(H,20,21). The first-order valence-electron chi connectivity index (χ1n) is 7.61. The lowest BCUT2D eigenvalue weighted by Crippen LogP contribution is -2.41. The summed E-state index contributed by atoms with van der Waals surface area (Å²) in [5.74, 6) is -0.852. The van der Waals surface area contributed by atoms with Crippen molar-refractivity contribution in [3.05, 3.63) is 29.3 Å². The predicted molar refractivity (Wildman–Crippen MR) is 82.9 cm³/mol. The summed E-state index contributed by atoms with van der Waals surface area (Å²) < 4.78 is 5.69. The smallest absolute Gasteiger partial charge is 0.308 e. The van der Waals surface area contributed by atoms with Gasteiger partial charge >= 0.3 is 5.97 Å². The Morgan fingerprint density at radius 1 is 1.32 bits per heavy atom. The minimum Gasteiger partial charge on any atom is -0.483 e. The molecule has 0 heterocycles. The maximum absolute atomic E-state index is 12.4. The third-order valence-electron chi connectivity index (χ3n) is 3.95. The van der Waals surface area contributed by atoms with E-state index in [1.54, 1.807) is 11.8 Å². The van der Waals surface area contributed by atoms with E-state index >= 15 is 0 Å². The van der Waals surface area contributed by atoms with E-state index < -0.39 is 11.9 Å². The van der Waals surface area contributed by atoms with Crippen molar-refractivity contribution in [2.24, 2.45) is 5.92 Å². The van der Waals surface area contributed by atoms with Gasteiger partial charge in [-0.25, -0.2) is 0 Å². The Bertz CT molecular complexity index is 546. The van der Waals surface area contributed by atoms with Crippen molar-refractivity contribution in [1.82, 2.24) is 4.90 Å². The molecule has 1 aromatic rings. The molecule has 1 amide bonds. The van der Waals surface area contributed by atoms with E-state index in [4.69, 9.17) is 9.84 Å². The minimum absolute atomic E-state index is 0.0471. The van der Waals surface area contributed by atoms with Crippen molar-refractivity contribution >= 4 is 11.9 Å². The molecular formula is C17H23NO4. The number of para-hydroxylation sites is 1. The Kier molecular flexibility index (Phi) is 5.06. The molecule has 0 aliphatic heterocycles. The topological polar surface area (TPSA) is 66.8 Å². The summed E-state index contributed by atoms with van der Waals surface area (Å²) >= 11 is 0. The van der Waals surface area contributed by atoms with Gasteiger partial charge in [0.25, 0.3) is 5.91 Å². The molecule has 1 N–H and O–H groups in total. The van der Waals surface area contributed by atoms with Crippen molar-refractivity contribution in [3.8, 4) is 5.75 Å². The highest BCUT2D eigenvalue weighted by Gasteiger charge is 2.34. The van der Waals surface area contributed by atoms with E-state index in [9.17, 15) is 9.59 Å². The number of hydrogen-bond donors (Lipinski definition) is 1. The number of rotatable bonds is 7. The number of ether oxygens (including phenoxy) is 1. The largest absolute Gasteiger partial charge is 0.483 e. The third kappa shape index (κ3) is 4.00. The Labute approximate surface area is 130 Å². The monoisotopic (exact) mass is 305 g/mol. The van der Waals surface area contributed by atoms with E-state index in [0.717, 1.165) is 29.7 Å².